The van der Waals surface area contributed by atoms with Crippen molar-refractivity contribution in [3.05, 3.63) is 0 Å². The van der Waals surface area contributed by atoms with Crippen molar-refractivity contribution in [3.8, 4) is 0 Å². The van der Waals surface area contributed by atoms with Crippen LogP contribution in [0, 0.1) is 0 Å². The van der Waals surface area contributed by atoms with E-state index in [9.17, 15) is 0 Å². The number of hydrogen-bond acceptors (Lipinski definition) is 4. The van der Waals surface area contributed by atoms with Gasteiger partial charge in [-0.3, -0.25) is 0 Å². The lowest BCUT2D eigenvalue weighted by atomic mass is 10.2. The molecule has 0 amide bonds. The number of hydrogen-bond donors (Lipinski definition) is 3. The molecular weight excluding hydrogens is 108 g/mol. The van der Waals surface area contributed by atoms with Crippen molar-refractivity contribution in [1.29, 1.82) is 0 Å². The van der Waals surface area contributed by atoms with Crippen molar-refractivity contribution in [1.82, 2.24) is 5.48 Å². The van der Waals surface area contributed by atoms with Gasteiger partial charge in [-0.15, -0.1) is 0 Å². The van der Waals surface area contributed by atoms with Gasteiger partial charge < -0.3 is 10.4 Å². The van der Waals surface area contributed by atoms with Crippen molar-refractivity contribution in [2.75, 3.05) is 0 Å². The van der Waals surface area contributed by atoms with Gasteiger partial charge in [-0.25, -0.2) is 0 Å². The Morgan fingerprint density at radius 3 is 2.38 bits per heavy atom. The SMILES string of the molecule is C/C(=N\O)C(C)NO. The molecule has 0 saturated heterocycles. The molecule has 0 spiro atoms. The van der Waals surface area contributed by atoms with Crippen LogP contribution in [0.25, 0.3) is 0 Å². The van der Waals surface area contributed by atoms with Crippen LogP contribution in [-0.4, -0.2) is 22.2 Å². The molecule has 0 aromatic carbocycles. The zero-order valence-electron chi connectivity index (χ0n) is 4.92. The van der Waals surface area contributed by atoms with Crippen molar-refractivity contribution >= 4 is 5.71 Å². The highest BCUT2D eigenvalue weighted by Gasteiger charge is 2.01. The first-order valence-electron chi connectivity index (χ1n) is 2.30. The van der Waals surface area contributed by atoms with Crippen molar-refractivity contribution in [3.63, 3.8) is 0 Å². The fourth-order valence-corrected chi connectivity index (χ4v) is 0.180. The number of hydroxylamine groups is 1. The molecule has 8 heavy (non-hydrogen) atoms. The summed E-state index contributed by atoms with van der Waals surface area (Å²) in [5.41, 5.74) is 2.38. The van der Waals surface area contributed by atoms with Gasteiger partial charge in [-0.2, -0.15) is 5.48 Å². The molecule has 0 aromatic rings. The summed E-state index contributed by atoms with van der Waals surface area (Å²) in [4.78, 5) is 0. The van der Waals surface area contributed by atoms with E-state index < -0.39 is 0 Å². The van der Waals surface area contributed by atoms with Crippen LogP contribution in [0.2, 0.25) is 0 Å². The fraction of sp³-hybridized carbons (Fsp3) is 0.750. The molecule has 0 heterocycles. The van der Waals surface area contributed by atoms with E-state index in [0.717, 1.165) is 0 Å². The highest BCUT2D eigenvalue weighted by Crippen LogP contribution is 1.82. The Kier molecular flexibility index (Phi) is 3.14. The largest absolute Gasteiger partial charge is 0.411 e. The number of rotatable bonds is 2. The van der Waals surface area contributed by atoms with Gasteiger partial charge in [-0.05, 0) is 13.8 Å². The average Bonchev–Trinajstić information content (AvgIpc) is 1.84. The summed E-state index contributed by atoms with van der Waals surface area (Å²) in [7, 11) is 0. The van der Waals surface area contributed by atoms with Crippen LogP contribution in [0.15, 0.2) is 5.16 Å². The molecule has 4 nitrogen and oxygen atoms in total. The molecule has 0 aliphatic carbocycles. The number of nitrogens with zero attached hydrogens (tertiary/aromatic N) is 1. The van der Waals surface area contributed by atoms with Crippen LogP contribution < -0.4 is 5.48 Å². The summed E-state index contributed by atoms with van der Waals surface area (Å²) in [5.74, 6) is 0. The second kappa shape index (κ2) is 3.40. The minimum absolute atomic E-state index is 0.278. The van der Waals surface area contributed by atoms with Gasteiger partial charge in [0.2, 0.25) is 0 Å². The lowest BCUT2D eigenvalue weighted by Gasteiger charge is -2.04. The Morgan fingerprint density at radius 2 is 2.25 bits per heavy atom. The Balaban J connectivity index is 3.63. The minimum atomic E-state index is -0.278. The van der Waals surface area contributed by atoms with Gasteiger partial charge >= 0.3 is 0 Å². The Hall–Kier alpha value is -0.610. The predicted octanol–water partition coefficient (Wildman–Crippen LogP) is 0.204. The fourth-order valence-electron chi connectivity index (χ4n) is 0.180. The van der Waals surface area contributed by atoms with Crippen LogP contribution >= 0.6 is 0 Å². The second-order valence-electron chi connectivity index (χ2n) is 1.59. The maximum Gasteiger partial charge on any atom is 0.0729 e. The molecule has 1 atom stereocenters. The molecule has 0 fully saturated rings. The van der Waals surface area contributed by atoms with Gasteiger partial charge in [-0.1, -0.05) is 5.16 Å². The molecule has 0 aliphatic rings. The lowest BCUT2D eigenvalue weighted by molar-refractivity contribution is 0.153. The maximum atomic E-state index is 8.19. The molecule has 0 saturated carbocycles. The Morgan fingerprint density at radius 1 is 1.75 bits per heavy atom. The van der Waals surface area contributed by atoms with E-state index in [1.54, 1.807) is 13.8 Å². The summed E-state index contributed by atoms with van der Waals surface area (Å²) in [6, 6.07) is -0.278. The van der Waals surface area contributed by atoms with E-state index in [2.05, 4.69) is 5.16 Å². The van der Waals surface area contributed by atoms with E-state index in [1.165, 1.54) is 0 Å². The summed E-state index contributed by atoms with van der Waals surface area (Å²) < 4.78 is 0. The summed E-state index contributed by atoms with van der Waals surface area (Å²) in [5, 5.41) is 19.1. The van der Waals surface area contributed by atoms with Crippen LogP contribution in [0.5, 0.6) is 0 Å². The van der Waals surface area contributed by atoms with E-state index in [4.69, 9.17) is 10.4 Å². The zero-order chi connectivity index (χ0) is 6.57. The summed E-state index contributed by atoms with van der Waals surface area (Å²) >= 11 is 0. The zero-order valence-corrected chi connectivity index (χ0v) is 4.92. The van der Waals surface area contributed by atoms with E-state index in [1.807, 2.05) is 5.48 Å². The maximum absolute atomic E-state index is 8.19. The third-order valence-electron chi connectivity index (χ3n) is 0.978. The van der Waals surface area contributed by atoms with Crippen LogP contribution in [0.4, 0.5) is 0 Å². The lowest BCUT2D eigenvalue weighted by Crippen LogP contribution is -2.29. The molecule has 0 bridgehead atoms. The smallest absolute Gasteiger partial charge is 0.0729 e. The first-order valence-corrected chi connectivity index (χ1v) is 2.30. The van der Waals surface area contributed by atoms with E-state index in [-0.39, 0.29) is 6.04 Å². The van der Waals surface area contributed by atoms with Crippen molar-refractivity contribution < 1.29 is 10.4 Å². The predicted molar refractivity (Wildman–Crippen MR) is 29.3 cm³/mol. The summed E-state index contributed by atoms with van der Waals surface area (Å²) in [6.45, 7) is 3.28. The third kappa shape index (κ3) is 1.90. The van der Waals surface area contributed by atoms with E-state index >= 15 is 0 Å². The highest BCUT2D eigenvalue weighted by molar-refractivity contribution is 5.86. The molecule has 0 aliphatic heterocycles. The minimum Gasteiger partial charge on any atom is -0.411 e. The van der Waals surface area contributed by atoms with E-state index in [0.29, 0.717) is 5.71 Å². The van der Waals surface area contributed by atoms with Gasteiger partial charge in [0.25, 0.3) is 0 Å². The monoisotopic (exact) mass is 118 g/mol. The Labute approximate surface area is 47.8 Å². The van der Waals surface area contributed by atoms with Gasteiger partial charge in [0.15, 0.2) is 0 Å². The van der Waals surface area contributed by atoms with Crippen molar-refractivity contribution in [2.24, 2.45) is 5.16 Å². The average molecular weight is 118 g/mol. The first-order chi connectivity index (χ1) is 3.72. The molecule has 48 valence electrons. The normalized spacial score (nSPS) is 16.1. The van der Waals surface area contributed by atoms with Crippen LogP contribution in [0.1, 0.15) is 13.8 Å². The standard InChI is InChI=1S/C4H10N2O2/c1-3(5-7)4(2)6-8/h3,5,7-8H,1-2H3/b6-4+. The molecule has 3 N–H and O–H groups in total. The van der Waals surface area contributed by atoms with Crippen LogP contribution in [-0.2, 0) is 0 Å². The number of nitrogens with one attached hydrogen (secondary N) is 1. The van der Waals surface area contributed by atoms with Gasteiger partial charge in [0.1, 0.15) is 0 Å². The molecular formula is C4H10N2O2. The van der Waals surface area contributed by atoms with Gasteiger partial charge in [0.05, 0.1) is 11.8 Å². The van der Waals surface area contributed by atoms with Crippen LogP contribution in [0.3, 0.4) is 0 Å². The van der Waals surface area contributed by atoms with Gasteiger partial charge in [0, 0.05) is 0 Å². The summed E-state index contributed by atoms with van der Waals surface area (Å²) in [6.07, 6.45) is 0. The first kappa shape index (κ1) is 7.39. The van der Waals surface area contributed by atoms with Crippen molar-refractivity contribution in [2.45, 2.75) is 19.9 Å². The topological polar surface area (TPSA) is 64.9 Å². The molecule has 0 radical (unpaired) electrons. The molecule has 4 heteroatoms. The second-order valence-corrected chi connectivity index (χ2v) is 1.59. The highest BCUT2D eigenvalue weighted by atomic mass is 16.5. The quantitative estimate of drug-likeness (QED) is 0.276. The number of oxime groups is 1. The third-order valence-corrected chi connectivity index (χ3v) is 0.978. The molecule has 1 unspecified atom stereocenters. The Bertz CT molecular complexity index is 92.0. The molecule has 0 rings (SSSR count). The molecule has 0 aromatic heterocycles.